The van der Waals surface area contributed by atoms with Crippen LogP contribution in [0.2, 0.25) is 0 Å². The summed E-state index contributed by atoms with van der Waals surface area (Å²) < 4.78 is 28.6. The standard InChI is InChI=1S/C5H11O3S.C5H12.Li/c1-5(2,3)4-9(6,7)8;1-4-5(2)3;/h1,4H2,2-3H3,(H,6,7,8);5H,4H2,1-3H3;/q-1;;+1. The molecule has 0 bridgehead atoms. The molecule has 0 saturated heterocycles. The van der Waals surface area contributed by atoms with E-state index < -0.39 is 15.5 Å². The van der Waals surface area contributed by atoms with Crippen LogP contribution in [0, 0.1) is 18.3 Å². The molecule has 0 spiro atoms. The fourth-order valence-corrected chi connectivity index (χ4v) is 1.48. The van der Waals surface area contributed by atoms with Gasteiger partial charge in [-0.05, 0) is 5.92 Å². The Balaban J connectivity index is -0.000000208. The minimum absolute atomic E-state index is 0. The third kappa shape index (κ3) is 31.4. The second-order valence-electron chi connectivity index (χ2n) is 4.69. The van der Waals surface area contributed by atoms with Crippen molar-refractivity contribution in [2.24, 2.45) is 11.3 Å². The largest absolute Gasteiger partial charge is 1.00 e. The third-order valence-electron chi connectivity index (χ3n) is 1.39. The molecule has 0 radical (unpaired) electrons. The van der Waals surface area contributed by atoms with Gasteiger partial charge in [-0.1, -0.05) is 41.0 Å². The second-order valence-corrected chi connectivity index (χ2v) is 6.15. The number of hydrogen-bond donors (Lipinski definition) is 1. The van der Waals surface area contributed by atoms with Crippen LogP contribution < -0.4 is 18.9 Å². The Bertz CT molecular complexity index is 228. The Morgan fingerprint density at radius 2 is 1.60 bits per heavy atom. The van der Waals surface area contributed by atoms with Crippen LogP contribution in [0.1, 0.15) is 41.0 Å². The monoisotopic (exact) mass is 230 g/mol. The molecule has 88 valence electrons. The van der Waals surface area contributed by atoms with Crippen molar-refractivity contribution in [3.05, 3.63) is 6.92 Å². The van der Waals surface area contributed by atoms with Crippen LogP contribution in [0.3, 0.4) is 0 Å². The molecule has 0 saturated carbocycles. The number of hydrogen-bond acceptors (Lipinski definition) is 2. The van der Waals surface area contributed by atoms with E-state index >= 15 is 0 Å². The van der Waals surface area contributed by atoms with Gasteiger partial charge in [-0.3, -0.25) is 4.55 Å². The first kappa shape index (κ1) is 20.9. The van der Waals surface area contributed by atoms with E-state index in [-0.39, 0.29) is 24.6 Å². The van der Waals surface area contributed by atoms with Gasteiger partial charge in [0.1, 0.15) is 0 Å². The van der Waals surface area contributed by atoms with Gasteiger partial charge in [0.2, 0.25) is 0 Å². The molecule has 0 aromatic heterocycles. The summed E-state index contributed by atoms with van der Waals surface area (Å²) >= 11 is 0. The van der Waals surface area contributed by atoms with Gasteiger partial charge < -0.3 is 6.92 Å². The SMILES string of the molecule is CCC(C)C.[CH2-]C(C)(C)CS(=O)(=O)O.[Li+]. The molecule has 0 atom stereocenters. The van der Waals surface area contributed by atoms with Crippen molar-refractivity contribution < 1.29 is 31.8 Å². The molecule has 0 aliphatic rings. The maximum Gasteiger partial charge on any atom is 1.00 e. The van der Waals surface area contributed by atoms with Crippen LogP contribution in [0.25, 0.3) is 0 Å². The minimum Gasteiger partial charge on any atom is -0.337 e. The van der Waals surface area contributed by atoms with Crippen LogP contribution in [0.5, 0.6) is 0 Å². The van der Waals surface area contributed by atoms with Crippen molar-refractivity contribution in [3.8, 4) is 0 Å². The first-order valence-electron chi connectivity index (χ1n) is 4.78. The zero-order valence-electron chi connectivity index (χ0n) is 10.9. The van der Waals surface area contributed by atoms with Gasteiger partial charge in [-0.25, -0.2) is 0 Å². The molecule has 0 aliphatic heterocycles. The summed E-state index contributed by atoms with van der Waals surface area (Å²) in [5.74, 6) is 0.593. The predicted octanol–water partition coefficient (Wildman–Crippen LogP) is -0.209. The Morgan fingerprint density at radius 1 is 1.33 bits per heavy atom. The van der Waals surface area contributed by atoms with E-state index in [1.807, 2.05) is 0 Å². The average Bonchev–Trinajstić information content (AvgIpc) is 1.80. The van der Waals surface area contributed by atoms with Crippen molar-refractivity contribution >= 4 is 10.1 Å². The summed E-state index contributed by atoms with van der Waals surface area (Å²) in [7, 11) is -3.84. The van der Waals surface area contributed by atoms with Crippen molar-refractivity contribution in [1.82, 2.24) is 0 Å². The molecular formula is C10H23LiO3S. The summed E-state index contributed by atoms with van der Waals surface area (Å²) in [6.07, 6.45) is 1.31. The molecule has 15 heavy (non-hydrogen) atoms. The Morgan fingerprint density at radius 3 is 1.60 bits per heavy atom. The molecule has 3 nitrogen and oxygen atoms in total. The number of rotatable bonds is 3. The van der Waals surface area contributed by atoms with Crippen LogP contribution in [-0.2, 0) is 10.1 Å². The van der Waals surface area contributed by atoms with E-state index in [1.165, 1.54) is 6.42 Å². The fourth-order valence-electron chi connectivity index (χ4n) is 0.494. The van der Waals surface area contributed by atoms with E-state index in [0.717, 1.165) is 5.92 Å². The zero-order valence-corrected chi connectivity index (χ0v) is 11.7. The van der Waals surface area contributed by atoms with Gasteiger partial charge in [0.25, 0.3) is 10.1 Å². The van der Waals surface area contributed by atoms with Crippen LogP contribution in [0.4, 0.5) is 0 Å². The van der Waals surface area contributed by atoms with Gasteiger partial charge in [-0.2, -0.15) is 8.42 Å². The molecule has 1 N–H and O–H groups in total. The van der Waals surface area contributed by atoms with E-state index in [0.29, 0.717) is 0 Å². The summed E-state index contributed by atoms with van der Waals surface area (Å²) in [5, 5.41) is 0. The maximum absolute atomic E-state index is 10.2. The predicted molar refractivity (Wildman–Crippen MR) is 60.7 cm³/mol. The normalized spacial score (nSPS) is 11.5. The average molecular weight is 230 g/mol. The van der Waals surface area contributed by atoms with E-state index in [4.69, 9.17) is 4.55 Å². The summed E-state index contributed by atoms with van der Waals surface area (Å²) in [6, 6.07) is 0. The molecule has 0 rings (SSSR count). The van der Waals surface area contributed by atoms with Crippen LogP contribution in [0.15, 0.2) is 0 Å². The van der Waals surface area contributed by atoms with Crippen molar-refractivity contribution in [2.75, 3.05) is 5.75 Å². The zero-order chi connectivity index (χ0) is 12.0. The molecule has 0 heterocycles. The van der Waals surface area contributed by atoms with Crippen molar-refractivity contribution in [2.45, 2.75) is 41.0 Å². The molecule has 5 heteroatoms. The van der Waals surface area contributed by atoms with Gasteiger partial charge in [0.05, 0.1) is 5.75 Å². The van der Waals surface area contributed by atoms with Gasteiger partial charge in [0.15, 0.2) is 0 Å². The molecule has 0 aromatic rings. The summed E-state index contributed by atoms with van der Waals surface area (Å²) in [5.41, 5.74) is -0.604. The molecule has 0 fully saturated rings. The van der Waals surface area contributed by atoms with Crippen LogP contribution >= 0.6 is 0 Å². The summed E-state index contributed by atoms with van der Waals surface area (Å²) in [4.78, 5) is 0. The van der Waals surface area contributed by atoms with E-state index in [9.17, 15) is 8.42 Å². The molecule has 0 aliphatic carbocycles. The van der Waals surface area contributed by atoms with Gasteiger partial charge in [0, 0.05) is 0 Å². The van der Waals surface area contributed by atoms with Gasteiger partial charge in [-0.15, -0.1) is 5.41 Å². The molecule has 0 aromatic carbocycles. The Labute approximate surface area is 107 Å². The van der Waals surface area contributed by atoms with Crippen molar-refractivity contribution in [3.63, 3.8) is 0 Å². The first-order valence-corrected chi connectivity index (χ1v) is 6.39. The third-order valence-corrected chi connectivity index (χ3v) is 2.54. The van der Waals surface area contributed by atoms with E-state index in [2.05, 4.69) is 27.7 Å². The molecule has 0 amide bonds. The summed E-state index contributed by atoms with van der Waals surface area (Å²) in [6.45, 7) is 13.4. The minimum atomic E-state index is -3.84. The molecule has 0 unspecified atom stereocenters. The first-order chi connectivity index (χ1) is 5.98. The fraction of sp³-hybridized carbons (Fsp3) is 0.900. The smallest absolute Gasteiger partial charge is 0.337 e. The molecular weight excluding hydrogens is 207 g/mol. The van der Waals surface area contributed by atoms with Gasteiger partial charge >= 0.3 is 18.9 Å². The topological polar surface area (TPSA) is 54.4 Å². The van der Waals surface area contributed by atoms with Crippen molar-refractivity contribution in [1.29, 1.82) is 0 Å². The van der Waals surface area contributed by atoms with E-state index in [1.54, 1.807) is 13.8 Å². The maximum atomic E-state index is 10.2. The Kier molecular flexibility index (Phi) is 12.0. The Hall–Kier alpha value is 0.507. The quantitative estimate of drug-likeness (QED) is 0.415. The second kappa shape index (κ2) is 8.64. The van der Waals surface area contributed by atoms with Crippen LogP contribution in [-0.4, -0.2) is 18.7 Å².